The van der Waals surface area contributed by atoms with E-state index in [0.717, 1.165) is 24.9 Å². The first-order chi connectivity index (χ1) is 14.1. The molecule has 2 saturated heterocycles. The number of phenolic OH excluding ortho intramolecular Hbond substituents is 1. The second kappa shape index (κ2) is 8.45. The number of thioether (sulfide) groups is 1. The quantitative estimate of drug-likeness (QED) is 0.770. The molecule has 4 rings (SSSR count). The smallest absolute Gasteiger partial charge is 0.254 e. The van der Waals surface area contributed by atoms with Crippen molar-refractivity contribution in [3.63, 3.8) is 0 Å². The predicted octanol–water partition coefficient (Wildman–Crippen LogP) is 3.87. The first-order valence-electron chi connectivity index (χ1n) is 9.80. The van der Waals surface area contributed by atoms with Crippen LogP contribution in [0.3, 0.4) is 0 Å². The first-order valence-corrected chi connectivity index (χ1v) is 10.8. The molecule has 5 nitrogen and oxygen atoms in total. The molecule has 0 unspecified atom stereocenters. The van der Waals surface area contributed by atoms with Crippen molar-refractivity contribution < 1.29 is 19.1 Å². The van der Waals surface area contributed by atoms with Gasteiger partial charge in [-0.15, -0.1) is 0 Å². The Kier molecular flexibility index (Phi) is 5.76. The molecule has 29 heavy (non-hydrogen) atoms. The maximum absolute atomic E-state index is 13.9. The molecule has 7 heteroatoms. The molecule has 152 valence electrons. The normalized spacial score (nSPS) is 19.4. The minimum Gasteiger partial charge on any atom is -0.504 e. The number of rotatable bonds is 4. The number of carbonyl (C=O) groups excluding carboxylic acids is 2. The minimum absolute atomic E-state index is 0.0810. The van der Waals surface area contributed by atoms with Crippen LogP contribution in [0.1, 0.15) is 44.4 Å². The highest BCUT2D eigenvalue weighted by Crippen LogP contribution is 2.35. The molecule has 2 aliphatic rings. The summed E-state index contributed by atoms with van der Waals surface area (Å²) in [5.74, 6) is -1.23. The summed E-state index contributed by atoms with van der Waals surface area (Å²) in [4.78, 5) is 28.0. The molecule has 0 saturated carbocycles. The summed E-state index contributed by atoms with van der Waals surface area (Å²) < 4.78 is 13.9. The van der Waals surface area contributed by atoms with Crippen LogP contribution in [0.5, 0.6) is 5.75 Å². The average molecular weight is 415 g/mol. The minimum atomic E-state index is -0.960. The van der Waals surface area contributed by atoms with E-state index in [1.54, 1.807) is 16.7 Å². The number of benzene rings is 2. The number of nitrogens with zero attached hydrogens (tertiary/aromatic N) is 2. The first kappa shape index (κ1) is 19.8. The van der Waals surface area contributed by atoms with Crippen LogP contribution < -0.4 is 4.90 Å². The van der Waals surface area contributed by atoms with E-state index in [9.17, 15) is 19.1 Å². The van der Waals surface area contributed by atoms with Crippen LogP contribution in [0.25, 0.3) is 0 Å². The van der Waals surface area contributed by atoms with E-state index in [1.807, 2.05) is 0 Å². The highest BCUT2D eigenvalue weighted by atomic mass is 32.2. The number of aromatic hydroxyl groups is 1. The zero-order chi connectivity index (χ0) is 20.4. The Labute approximate surface area is 173 Å². The van der Waals surface area contributed by atoms with Crippen molar-refractivity contribution in [1.29, 1.82) is 0 Å². The zero-order valence-electron chi connectivity index (χ0n) is 16.0. The third-order valence-electron chi connectivity index (χ3n) is 5.56. The second-order valence-electron chi connectivity index (χ2n) is 7.41. The summed E-state index contributed by atoms with van der Waals surface area (Å²) in [6.07, 6.45) is 2.83. The third kappa shape index (κ3) is 4.10. The number of phenols is 1. The number of hydrogen-bond donors (Lipinski definition) is 1. The van der Waals surface area contributed by atoms with Crippen LogP contribution >= 0.6 is 11.8 Å². The third-order valence-corrected chi connectivity index (χ3v) is 6.80. The van der Waals surface area contributed by atoms with Gasteiger partial charge < -0.3 is 14.9 Å². The summed E-state index contributed by atoms with van der Waals surface area (Å²) in [5.41, 5.74) is 2.27. The van der Waals surface area contributed by atoms with Gasteiger partial charge in [-0.3, -0.25) is 9.59 Å². The second-order valence-corrected chi connectivity index (χ2v) is 8.72. The van der Waals surface area contributed by atoms with Crippen molar-refractivity contribution >= 4 is 29.6 Å². The molecule has 2 aromatic carbocycles. The van der Waals surface area contributed by atoms with Crippen LogP contribution in [0.15, 0.2) is 36.4 Å². The molecule has 1 N–H and O–H groups in total. The van der Waals surface area contributed by atoms with Crippen LogP contribution in [0.2, 0.25) is 0 Å². The molecule has 2 fully saturated rings. The molecule has 2 aliphatic heterocycles. The number of carbonyl (C=O) groups is 2. The highest BCUT2D eigenvalue weighted by Gasteiger charge is 2.27. The Morgan fingerprint density at radius 3 is 2.55 bits per heavy atom. The standard InChI is InChI=1S/C22H23FN2O3S/c23-19-12-16(11-17(14-26)21(19)27)22(28)25-9-10-29-20(13-25)15-3-5-18(6-4-15)24-7-1-2-8-24/h3-6,11-12,14,20,27H,1-2,7-10,13H2/t20-/m1/s1. The topological polar surface area (TPSA) is 60.9 Å². The van der Waals surface area contributed by atoms with Crippen molar-refractivity contribution in [2.75, 3.05) is 36.8 Å². The van der Waals surface area contributed by atoms with Crippen molar-refractivity contribution in [1.82, 2.24) is 4.90 Å². The lowest BCUT2D eigenvalue weighted by Crippen LogP contribution is -2.39. The van der Waals surface area contributed by atoms with Gasteiger partial charge in [0, 0.05) is 48.4 Å². The SMILES string of the molecule is O=Cc1cc(C(=O)N2CCS[C@@H](c3ccc(N4CCCC4)cc3)C2)cc(F)c1O. The highest BCUT2D eigenvalue weighted by molar-refractivity contribution is 7.99. The Morgan fingerprint density at radius 2 is 1.86 bits per heavy atom. The van der Waals surface area contributed by atoms with Gasteiger partial charge in [0.05, 0.1) is 5.56 Å². The van der Waals surface area contributed by atoms with Crippen LogP contribution in [-0.4, -0.2) is 54.1 Å². The Bertz CT molecular complexity index is 913. The summed E-state index contributed by atoms with van der Waals surface area (Å²) in [6, 6.07) is 10.8. The average Bonchev–Trinajstić information content (AvgIpc) is 3.30. The van der Waals surface area contributed by atoms with E-state index in [-0.39, 0.29) is 22.3 Å². The number of aldehydes is 1. The lowest BCUT2D eigenvalue weighted by molar-refractivity contribution is 0.0761. The number of anilines is 1. The summed E-state index contributed by atoms with van der Waals surface area (Å²) in [5, 5.41) is 9.71. The van der Waals surface area contributed by atoms with Gasteiger partial charge in [-0.1, -0.05) is 12.1 Å². The fraction of sp³-hybridized carbons (Fsp3) is 0.364. The van der Waals surface area contributed by atoms with Gasteiger partial charge in [-0.2, -0.15) is 11.8 Å². The molecule has 0 bridgehead atoms. The molecule has 0 spiro atoms. The van der Waals surface area contributed by atoms with Gasteiger partial charge in [0.2, 0.25) is 0 Å². The predicted molar refractivity (Wildman–Crippen MR) is 112 cm³/mol. The maximum atomic E-state index is 13.9. The maximum Gasteiger partial charge on any atom is 0.254 e. The van der Waals surface area contributed by atoms with E-state index >= 15 is 0 Å². The fourth-order valence-corrected chi connectivity index (χ4v) is 5.17. The van der Waals surface area contributed by atoms with Crippen molar-refractivity contribution in [3.05, 3.63) is 58.9 Å². The Hall–Kier alpha value is -2.54. The van der Waals surface area contributed by atoms with Gasteiger partial charge >= 0.3 is 0 Å². The number of amides is 1. The zero-order valence-corrected chi connectivity index (χ0v) is 16.8. The van der Waals surface area contributed by atoms with Crippen LogP contribution in [0.4, 0.5) is 10.1 Å². The van der Waals surface area contributed by atoms with E-state index in [1.165, 1.54) is 30.2 Å². The van der Waals surface area contributed by atoms with Crippen LogP contribution in [-0.2, 0) is 0 Å². The summed E-state index contributed by atoms with van der Waals surface area (Å²) >= 11 is 1.81. The molecular weight excluding hydrogens is 391 g/mol. The molecule has 0 radical (unpaired) electrons. The molecular formula is C22H23FN2O3S. The molecule has 2 heterocycles. The molecule has 0 aromatic heterocycles. The molecule has 1 atom stereocenters. The van der Waals surface area contributed by atoms with Crippen LogP contribution in [0, 0.1) is 5.82 Å². The monoisotopic (exact) mass is 414 g/mol. The molecule has 2 aromatic rings. The fourth-order valence-electron chi connectivity index (χ4n) is 3.93. The van der Waals surface area contributed by atoms with Gasteiger partial charge in [-0.25, -0.2) is 4.39 Å². The molecule has 1 amide bonds. The lowest BCUT2D eigenvalue weighted by Gasteiger charge is -2.33. The van der Waals surface area contributed by atoms with Crippen molar-refractivity contribution in [2.24, 2.45) is 0 Å². The lowest BCUT2D eigenvalue weighted by atomic mass is 10.1. The van der Waals surface area contributed by atoms with Gasteiger partial charge in [0.1, 0.15) is 0 Å². The van der Waals surface area contributed by atoms with E-state index in [2.05, 4.69) is 29.2 Å². The molecule has 0 aliphatic carbocycles. The van der Waals surface area contributed by atoms with E-state index in [0.29, 0.717) is 19.4 Å². The van der Waals surface area contributed by atoms with Crippen molar-refractivity contribution in [2.45, 2.75) is 18.1 Å². The number of hydrogen-bond acceptors (Lipinski definition) is 5. The largest absolute Gasteiger partial charge is 0.504 e. The van der Waals surface area contributed by atoms with Gasteiger partial charge in [-0.05, 0) is 42.7 Å². The van der Waals surface area contributed by atoms with Crippen molar-refractivity contribution in [3.8, 4) is 5.75 Å². The van der Waals surface area contributed by atoms with Gasteiger partial charge in [0.25, 0.3) is 5.91 Å². The summed E-state index contributed by atoms with van der Waals surface area (Å²) in [6.45, 7) is 3.29. The Morgan fingerprint density at radius 1 is 1.14 bits per heavy atom. The number of halogens is 1. The van der Waals surface area contributed by atoms with E-state index < -0.39 is 11.6 Å². The van der Waals surface area contributed by atoms with Gasteiger partial charge in [0.15, 0.2) is 17.9 Å². The van der Waals surface area contributed by atoms with E-state index in [4.69, 9.17) is 0 Å². The Balaban J connectivity index is 1.48. The summed E-state index contributed by atoms with van der Waals surface area (Å²) in [7, 11) is 0.